The molecule has 0 aliphatic carbocycles. The van der Waals surface area contributed by atoms with Gasteiger partial charge in [0.15, 0.2) is 0 Å². The highest BCUT2D eigenvalue weighted by Gasteiger charge is 2.12. The first-order valence-corrected chi connectivity index (χ1v) is 5.70. The summed E-state index contributed by atoms with van der Waals surface area (Å²) in [4.78, 5) is 19.9. The number of aromatic nitrogens is 2. The van der Waals surface area contributed by atoms with Crippen molar-refractivity contribution in [3.05, 3.63) is 12.4 Å². The van der Waals surface area contributed by atoms with Crippen LogP contribution in [0.4, 0.5) is 11.6 Å². The number of nitrogens with one attached hydrogen (secondary N) is 3. The number of methoxy groups -OCH3 is 1. The average molecular weight is 253 g/mol. The predicted octanol–water partition coefficient (Wildman–Crippen LogP) is 0.0813. The molecule has 0 fully saturated rings. The van der Waals surface area contributed by atoms with Gasteiger partial charge in [-0.2, -0.15) is 0 Å². The normalized spacial score (nSPS) is 11.7. The molecule has 1 aromatic heterocycles. The van der Waals surface area contributed by atoms with Gasteiger partial charge in [-0.25, -0.2) is 4.98 Å². The van der Waals surface area contributed by atoms with Crippen LogP contribution in [0, 0.1) is 0 Å². The van der Waals surface area contributed by atoms with E-state index in [0.29, 0.717) is 24.8 Å². The quantitative estimate of drug-likeness (QED) is 0.596. The standard InChI is InChI=1S/C11H19N5O2/c1-8(11(17)14-4-5-18-3)15-10-7-13-6-9(12-2)16-10/h6-8H,4-5H2,1-3H3,(H,14,17)(H2,12,15,16). The van der Waals surface area contributed by atoms with Gasteiger partial charge < -0.3 is 20.7 Å². The second-order valence-corrected chi connectivity index (χ2v) is 3.69. The van der Waals surface area contributed by atoms with Crippen molar-refractivity contribution in [2.24, 2.45) is 0 Å². The highest BCUT2D eigenvalue weighted by Crippen LogP contribution is 2.06. The molecule has 1 amide bonds. The largest absolute Gasteiger partial charge is 0.383 e. The summed E-state index contributed by atoms with van der Waals surface area (Å²) in [6, 6.07) is -0.386. The Balaban J connectivity index is 2.47. The average Bonchev–Trinajstić information content (AvgIpc) is 2.39. The Morgan fingerprint density at radius 2 is 2.17 bits per heavy atom. The lowest BCUT2D eigenvalue weighted by atomic mass is 10.3. The maximum atomic E-state index is 11.7. The first kappa shape index (κ1) is 14.2. The second kappa shape index (κ2) is 7.44. The Bertz CT molecular complexity index is 385. The molecule has 0 aromatic carbocycles. The van der Waals surface area contributed by atoms with Crippen molar-refractivity contribution in [1.29, 1.82) is 0 Å². The fraction of sp³-hybridized carbons (Fsp3) is 0.545. The second-order valence-electron chi connectivity index (χ2n) is 3.69. The summed E-state index contributed by atoms with van der Waals surface area (Å²) >= 11 is 0. The molecule has 0 bridgehead atoms. The van der Waals surface area contributed by atoms with Gasteiger partial charge in [-0.1, -0.05) is 0 Å². The van der Waals surface area contributed by atoms with Crippen LogP contribution in [0.15, 0.2) is 12.4 Å². The van der Waals surface area contributed by atoms with Crippen LogP contribution in [0.1, 0.15) is 6.92 Å². The SMILES string of the molecule is CNc1cncc(NC(C)C(=O)NCCOC)n1. The smallest absolute Gasteiger partial charge is 0.242 e. The van der Waals surface area contributed by atoms with Crippen LogP contribution in [0.3, 0.4) is 0 Å². The lowest BCUT2D eigenvalue weighted by Crippen LogP contribution is -2.39. The Labute approximate surface area is 106 Å². The highest BCUT2D eigenvalue weighted by atomic mass is 16.5. The van der Waals surface area contributed by atoms with Crippen LogP contribution in [0.2, 0.25) is 0 Å². The summed E-state index contributed by atoms with van der Waals surface area (Å²) in [6.45, 7) is 2.74. The molecule has 1 aromatic rings. The molecule has 0 aliphatic heterocycles. The van der Waals surface area contributed by atoms with E-state index in [1.807, 2.05) is 0 Å². The summed E-state index contributed by atoms with van der Waals surface area (Å²) in [5.41, 5.74) is 0. The van der Waals surface area contributed by atoms with Gasteiger partial charge >= 0.3 is 0 Å². The highest BCUT2D eigenvalue weighted by molar-refractivity contribution is 5.83. The van der Waals surface area contributed by atoms with Crippen molar-refractivity contribution in [2.75, 3.05) is 37.9 Å². The molecule has 0 aliphatic rings. The molecule has 0 saturated carbocycles. The number of rotatable bonds is 7. The third-order valence-corrected chi connectivity index (χ3v) is 2.25. The summed E-state index contributed by atoms with van der Waals surface area (Å²) in [6.07, 6.45) is 3.17. The molecule has 18 heavy (non-hydrogen) atoms. The van der Waals surface area contributed by atoms with Gasteiger partial charge in [-0.05, 0) is 6.92 Å². The molecule has 1 heterocycles. The molecular weight excluding hydrogens is 234 g/mol. The minimum atomic E-state index is -0.386. The predicted molar refractivity (Wildman–Crippen MR) is 69.5 cm³/mol. The third-order valence-electron chi connectivity index (χ3n) is 2.25. The van der Waals surface area contributed by atoms with Gasteiger partial charge in [0.05, 0.1) is 19.0 Å². The van der Waals surface area contributed by atoms with E-state index in [2.05, 4.69) is 25.9 Å². The zero-order valence-electron chi connectivity index (χ0n) is 10.9. The first-order chi connectivity index (χ1) is 8.67. The number of carbonyl (C=O) groups excluding carboxylic acids is 1. The number of anilines is 2. The summed E-state index contributed by atoms with van der Waals surface area (Å²) in [7, 11) is 3.35. The first-order valence-electron chi connectivity index (χ1n) is 5.70. The van der Waals surface area contributed by atoms with Crippen molar-refractivity contribution in [3.8, 4) is 0 Å². The van der Waals surface area contributed by atoms with Crippen LogP contribution < -0.4 is 16.0 Å². The third kappa shape index (κ3) is 4.54. The van der Waals surface area contributed by atoms with Crippen LogP contribution >= 0.6 is 0 Å². The molecular formula is C11H19N5O2. The number of amides is 1. The maximum Gasteiger partial charge on any atom is 0.242 e. The lowest BCUT2D eigenvalue weighted by Gasteiger charge is -2.14. The Kier molecular flexibility index (Phi) is 5.86. The van der Waals surface area contributed by atoms with Crippen molar-refractivity contribution in [1.82, 2.24) is 15.3 Å². The van der Waals surface area contributed by atoms with Crippen molar-refractivity contribution in [3.63, 3.8) is 0 Å². The summed E-state index contributed by atoms with van der Waals surface area (Å²) in [5.74, 6) is 1.09. The molecule has 1 atom stereocenters. The number of carbonyl (C=O) groups is 1. The monoisotopic (exact) mass is 253 g/mol. The fourth-order valence-electron chi connectivity index (χ4n) is 1.27. The van der Waals surface area contributed by atoms with E-state index in [1.54, 1.807) is 33.5 Å². The summed E-state index contributed by atoms with van der Waals surface area (Å²) < 4.78 is 4.85. The van der Waals surface area contributed by atoms with E-state index in [1.165, 1.54) is 0 Å². The van der Waals surface area contributed by atoms with E-state index < -0.39 is 0 Å². The Hall–Kier alpha value is -1.89. The maximum absolute atomic E-state index is 11.7. The number of nitrogens with zero attached hydrogens (tertiary/aromatic N) is 2. The topological polar surface area (TPSA) is 88.2 Å². The van der Waals surface area contributed by atoms with Gasteiger partial charge in [0, 0.05) is 20.7 Å². The van der Waals surface area contributed by atoms with E-state index in [9.17, 15) is 4.79 Å². The zero-order valence-corrected chi connectivity index (χ0v) is 10.9. The van der Waals surface area contributed by atoms with Crippen LogP contribution in [0.25, 0.3) is 0 Å². The van der Waals surface area contributed by atoms with E-state index >= 15 is 0 Å². The molecule has 7 heteroatoms. The number of hydrogen-bond donors (Lipinski definition) is 3. The molecule has 1 unspecified atom stereocenters. The van der Waals surface area contributed by atoms with Gasteiger partial charge in [0.2, 0.25) is 5.91 Å². The van der Waals surface area contributed by atoms with Crippen molar-refractivity contribution < 1.29 is 9.53 Å². The lowest BCUT2D eigenvalue weighted by molar-refractivity contribution is -0.121. The molecule has 3 N–H and O–H groups in total. The number of hydrogen-bond acceptors (Lipinski definition) is 6. The minimum absolute atomic E-state index is 0.108. The zero-order chi connectivity index (χ0) is 13.4. The van der Waals surface area contributed by atoms with E-state index in [4.69, 9.17) is 4.74 Å². The van der Waals surface area contributed by atoms with Crippen molar-refractivity contribution >= 4 is 17.5 Å². The minimum Gasteiger partial charge on any atom is -0.383 e. The molecule has 0 radical (unpaired) electrons. The molecule has 0 spiro atoms. The van der Waals surface area contributed by atoms with Crippen LogP contribution in [0.5, 0.6) is 0 Å². The van der Waals surface area contributed by atoms with Crippen molar-refractivity contribution in [2.45, 2.75) is 13.0 Å². The fourth-order valence-corrected chi connectivity index (χ4v) is 1.27. The van der Waals surface area contributed by atoms with Gasteiger partial charge in [-0.3, -0.25) is 9.78 Å². The van der Waals surface area contributed by atoms with E-state index in [0.717, 1.165) is 0 Å². The number of ether oxygens (including phenoxy) is 1. The van der Waals surface area contributed by atoms with Crippen LogP contribution in [-0.4, -0.2) is 49.2 Å². The molecule has 1 rings (SSSR count). The van der Waals surface area contributed by atoms with E-state index in [-0.39, 0.29) is 11.9 Å². The molecule has 0 saturated heterocycles. The van der Waals surface area contributed by atoms with Crippen LogP contribution in [-0.2, 0) is 9.53 Å². The van der Waals surface area contributed by atoms with Gasteiger partial charge in [0.25, 0.3) is 0 Å². The summed E-state index contributed by atoms with van der Waals surface area (Å²) in [5, 5.41) is 8.60. The Morgan fingerprint density at radius 3 is 2.83 bits per heavy atom. The molecule has 100 valence electrons. The van der Waals surface area contributed by atoms with Gasteiger partial charge in [0.1, 0.15) is 17.7 Å². The molecule has 7 nitrogen and oxygen atoms in total. The Morgan fingerprint density at radius 1 is 1.44 bits per heavy atom. The van der Waals surface area contributed by atoms with Gasteiger partial charge in [-0.15, -0.1) is 0 Å².